The average molecular weight is 526 g/mol. The van der Waals surface area contributed by atoms with Crippen LogP contribution in [-0.2, 0) is 30.2 Å². The van der Waals surface area contributed by atoms with Crippen LogP contribution < -0.4 is 10.0 Å². The Kier molecular flexibility index (Phi) is 9.06. The molecule has 0 aliphatic heterocycles. The molecule has 150 valence electrons. The summed E-state index contributed by atoms with van der Waals surface area (Å²) in [6.45, 7) is 1.09. The van der Waals surface area contributed by atoms with E-state index in [1.54, 1.807) is 25.2 Å². The Morgan fingerprint density at radius 3 is 2.59 bits per heavy atom. The standard InChI is InChI=1S/C17H24ClN5O2S.HI/c1-19-17(23(4)12-15-9-14(18)11-22(15)3)21-10-13-6-5-7-16(8-13)26(24,25)20-2;/h5-9,11,20H,10,12H2,1-4H3,(H,19,21);1H. The Bertz CT molecular complexity index is 898. The number of benzene rings is 1. The predicted octanol–water partition coefficient (Wildman–Crippen LogP) is 2.41. The molecule has 10 heteroatoms. The molecule has 0 fully saturated rings. The zero-order chi connectivity index (χ0) is 19.3. The van der Waals surface area contributed by atoms with Crippen LogP contribution in [0.15, 0.2) is 46.4 Å². The second kappa shape index (κ2) is 10.3. The van der Waals surface area contributed by atoms with Gasteiger partial charge in [-0.1, -0.05) is 23.7 Å². The summed E-state index contributed by atoms with van der Waals surface area (Å²) in [6.07, 6.45) is 1.86. The van der Waals surface area contributed by atoms with E-state index in [2.05, 4.69) is 15.0 Å². The summed E-state index contributed by atoms with van der Waals surface area (Å²) in [6, 6.07) is 8.71. The maximum Gasteiger partial charge on any atom is 0.240 e. The van der Waals surface area contributed by atoms with Gasteiger partial charge in [0.15, 0.2) is 5.96 Å². The lowest BCUT2D eigenvalue weighted by molar-refractivity contribution is 0.461. The van der Waals surface area contributed by atoms with Gasteiger partial charge in [0.1, 0.15) is 0 Å². The van der Waals surface area contributed by atoms with Gasteiger partial charge in [0, 0.05) is 39.6 Å². The van der Waals surface area contributed by atoms with Gasteiger partial charge in [-0.2, -0.15) is 0 Å². The highest BCUT2D eigenvalue weighted by molar-refractivity contribution is 14.0. The van der Waals surface area contributed by atoms with Crippen molar-refractivity contribution in [2.45, 2.75) is 18.0 Å². The van der Waals surface area contributed by atoms with Crippen LogP contribution in [0.3, 0.4) is 0 Å². The van der Waals surface area contributed by atoms with Crippen molar-refractivity contribution in [1.29, 1.82) is 0 Å². The van der Waals surface area contributed by atoms with E-state index in [0.717, 1.165) is 11.3 Å². The summed E-state index contributed by atoms with van der Waals surface area (Å²) in [5.74, 6) is 0.698. The van der Waals surface area contributed by atoms with Crippen LogP contribution in [0.2, 0.25) is 5.02 Å². The number of nitrogens with zero attached hydrogens (tertiary/aromatic N) is 3. The highest BCUT2D eigenvalue weighted by atomic mass is 127. The number of aromatic nitrogens is 1. The Morgan fingerprint density at radius 1 is 1.33 bits per heavy atom. The first-order chi connectivity index (χ1) is 12.3. The molecule has 0 amide bonds. The quantitative estimate of drug-likeness (QED) is 0.345. The number of hydrogen-bond acceptors (Lipinski definition) is 3. The third-order valence-electron chi connectivity index (χ3n) is 3.98. The van der Waals surface area contributed by atoms with E-state index in [1.165, 1.54) is 7.05 Å². The molecule has 0 saturated carbocycles. The third-order valence-corrected chi connectivity index (χ3v) is 5.59. The number of halogens is 2. The second-order valence-corrected chi connectivity index (χ2v) is 8.20. The smallest absolute Gasteiger partial charge is 0.240 e. The van der Waals surface area contributed by atoms with E-state index in [4.69, 9.17) is 11.6 Å². The van der Waals surface area contributed by atoms with E-state index >= 15 is 0 Å². The first-order valence-electron chi connectivity index (χ1n) is 8.02. The van der Waals surface area contributed by atoms with E-state index in [-0.39, 0.29) is 28.9 Å². The van der Waals surface area contributed by atoms with Gasteiger partial charge in [-0.3, -0.25) is 4.99 Å². The molecule has 0 aliphatic carbocycles. The van der Waals surface area contributed by atoms with E-state index in [9.17, 15) is 8.42 Å². The van der Waals surface area contributed by atoms with Gasteiger partial charge in [-0.15, -0.1) is 24.0 Å². The first kappa shape index (κ1) is 23.7. The van der Waals surface area contributed by atoms with Crippen molar-refractivity contribution in [3.05, 3.63) is 52.8 Å². The number of rotatable bonds is 6. The zero-order valence-corrected chi connectivity index (χ0v) is 19.6. The second-order valence-electron chi connectivity index (χ2n) is 5.87. The van der Waals surface area contributed by atoms with Gasteiger partial charge in [0.2, 0.25) is 10.0 Å². The normalized spacial score (nSPS) is 11.8. The van der Waals surface area contributed by atoms with E-state index in [1.807, 2.05) is 41.9 Å². The lowest BCUT2D eigenvalue weighted by Crippen LogP contribution is -2.38. The van der Waals surface area contributed by atoms with Crippen LogP contribution in [-0.4, -0.2) is 45.0 Å². The summed E-state index contributed by atoms with van der Waals surface area (Å²) < 4.78 is 28.1. The van der Waals surface area contributed by atoms with Crippen LogP contribution in [0.4, 0.5) is 0 Å². The van der Waals surface area contributed by atoms with Crippen molar-refractivity contribution in [2.24, 2.45) is 12.0 Å². The number of sulfonamides is 1. The first-order valence-corrected chi connectivity index (χ1v) is 9.88. The minimum atomic E-state index is -3.46. The maximum atomic E-state index is 11.9. The monoisotopic (exact) mass is 525 g/mol. The average Bonchev–Trinajstić information content (AvgIpc) is 2.92. The van der Waals surface area contributed by atoms with Crippen LogP contribution >= 0.6 is 35.6 Å². The summed E-state index contributed by atoms with van der Waals surface area (Å²) in [7, 11) is 3.52. The van der Waals surface area contributed by atoms with Crippen molar-refractivity contribution in [3.63, 3.8) is 0 Å². The molecule has 0 spiro atoms. The molecule has 1 aromatic heterocycles. The lowest BCUT2D eigenvalue weighted by Gasteiger charge is -2.22. The highest BCUT2D eigenvalue weighted by Crippen LogP contribution is 2.14. The number of guanidine groups is 1. The van der Waals surface area contributed by atoms with Crippen LogP contribution in [0.1, 0.15) is 11.3 Å². The number of aryl methyl sites for hydroxylation is 1. The molecule has 0 atom stereocenters. The molecule has 2 aromatic rings. The Balaban J connectivity index is 0.00000364. The van der Waals surface area contributed by atoms with Crippen molar-refractivity contribution >= 4 is 51.6 Å². The summed E-state index contributed by atoms with van der Waals surface area (Å²) in [5.41, 5.74) is 1.90. The molecule has 0 saturated heterocycles. The van der Waals surface area contributed by atoms with E-state index in [0.29, 0.717) is 24.1 Å². The molecule has 1 heterocycles. The molecular formula is C17H25ClIN5O2S. The van der Waals surface area contributed by atoms with E-state index < -0.39 is 10.0 Å². The molecule has 2 rings (SSSR count). The Morgan fingerprint density at radius 2 is 2.04 bits per heavy atom. The molecule has 0 bridgehead atoms. The molecule has 0 unspecified atom stereocenters. The third kappa shape index (κ3) is 6.37. The summed E-state index contributed by atoms with van der Waals surface area (Å²) >= 11 is 6.03. The number of nitrogens with one attached hydrogen (secondary N) is 2. The SMILES string of the molecule is CN=C(NCc1cccc(S(=O)(=O)NC)c1)N(C)Cc1cc(Cl)cn1C.I. The van der Waals surface area contributed by atoms with Gasteiger partial charge in [0.05, 0.1) is 16.5 Å². The number of aliphatic imine (C=N–C) groups is 1. The molecule has 27 heavy (non-hydrogen) atoms. The predicted molar refractivity (Wildman–Crippen MR) is 120 cm³/mol. The van der Waals surface area contributed by atoms with Crippen molar-refractivity contribution < 1.29 is 8.42 Å². The van der Waals surface area contributed by atoms with Gasteiger partial charge in [-0.05, 0) is 30.8 Å². The fourth-order valence-corrected chi connectivity index (χ4v) is 3.62. The summed E-state index contributed by atoms with van der Waals surface area (Å²) in [5, 5.41) is 3.94. The van der Waals surface area contributed by atoms with Crippen LogP contribution in [0.5, 0.6) is 0 Å². The molecule has 1 aromatic carbocycles. The zero-order valence-electron chi connectivity index (χ0n) is 15.7. The van der Waals surface area contributed by atoms with Crippen LogP contribution in [0.25, 0.3) is 0 Å². The van der Waals surface area contributed by atoms with Gasteiger partial charge in [-0.25, -0.2) is 13.1 Å². The summed E-state index contributed by atoms with van der Waals surface area (Å²) in [4.78, 5) is 6.49. The van der Waals surface area contributed by atoms with Gasteiger partial charge < -0.3 is 14.8 Å². The van der Waals surface area contributed by atoms with Crippen molar-refractivity contribution in [1.82, 2.24) is 19.5 Å². The number of hydrogen-bond donors (Lipinski definition) is 2. The molecular weight excluding hydrogens is 501 g/mol. The Hall–Kier alpha value is -1.30. The van der Waals surface area contributed by atoms with Gasteiger partial charge >= 0.3 is 0 Å². The molecule has 0 aliphatic rings. The fourth-order valence-electron chi connectivity index (χ4n) is 2.55. The minimum Gasteiger partial charge on any atom is -0.352 e. The highest BCUT2D eigenvalue weighted by Gasteiger charge is 2.13. The molecule has 7 nitrogen and oxygen atoms in total. The van der Waals surface area contributed by atoms with Crippen molar-refractivity contribution in [2.75, 3.05) is 21.1 Å². The van der Waals surface area contributed by atoms with Gasteiger partial charge in [0.25, 0.3) is 0 Å². The Labute approximate surface area is 182 Å². The fraction of sp³-hybridized carbons (Fsp3) is 0.353. The molecule has 0 radical (unpaired) electrons. The largest absolute Gasteiger partial charge is 0.352 e. The topological polar surface area (TPSA) is 78.7 Å². The van der Waals surface area contributed by atoms with Crippen molar-refractivity contribution in [3.8, 4) is 0 Å². The van der Waals surface area contributed by atoms with Crippen LogP contribution in [0, 0.1) is 0 Å². The minimum absolute atomic E-state index is 0. The maximum absolute atomic E-state index is 11.9. The lowest BCUT2D eigenvalue weighted by atomic mass is 10.2. The molecule has 2 N–H and O–H groups in total.